The number of amides is 2. The Kier molecular flexibility index (Phi) is 9.10. The van der Waals surface area contributed by atoms with E-state index < -0.39 is 33.7 Å². The summed E-state index contributed by atoms with van der Waals surface area (Å²) >= 11 is 6.46. The molecule has 0 aliphatic carbocycles. The van der Waals surface area contributed by atoms with Gasteiger partial charge in [-0.1, -0.05) is 28.9 Å². The summed E-state index contributed by atoms with van der Waals surface area (Å²) in [4.78, 5) is 42.5. The fraction of sp³-hybridized carbons (Fsp3) is 0.258. The summed E-state index contributed by atoms with van der Waals surface area (Å²) in [6, 6.07) is 11.1. The van der Waals surface area contributed by atoms with E-state index in [4.69, 9.17) is 20.9 Å². The Morgan fingerprint density at radius 3 is 2.43 bits per heavy atom. The minimum atomic E-state index is -1.08. The van der Waals surface area contributed by atoms with Crippen LogP contribution in [0, 0.1) is 28.7 Å². The molecular formula is C31H29ClF2N6O6. The van der Waals surface area contributed by atoms with Gasteiger partial charge in [-0.25, -0.2) is 8.78 Å². The van der Waals surface area contributed by atoms with E-state index in [1.165, 1.54) is 32.2 Å². The number of anilines is 3. The van der Waals surface area contributed by atoms with E-state index in [2.05, 4.69) is 10.5 Å². The molecule has 3 aromatic carbocycles. The molecule has 0 unspecified atom stereocenters. The Balaban J connectivity index is 1.37. The molecule has 46 heavy (non-hydrogen) atoms. The molecule has 1 aliphatic rings. The maximum atomic E-state index is 14.8. The third kappa shape index (κ3) is 6.15. The molecule has 0 spiro atoms. The largest absolute Gasteiger partial charge is 0.496 e. The van der Waals surface area contributed by atoms with Gasteiger partial charge in [0.1, 0.15) is 40.1 Å². The first-order valence-corrected chi connectivity index (χ1v) is 14.4. The van der Waals surface area contributed by atoms with Gasteiger partial charge in [-0.2, -0.15) is 0 Å². The summed E-state index contributed by atoms with van der Waals surface area (Å²) in [6.07, 6.45) is 0. The van der Waals surface area contributed by atoms with Gasteiger partial charge in [0, 0.05) is 58.0 Å². The molecule has 0 saturated carbocycles. The quantitative estimate of drug-likeness (QED) is 0.185. The summed E-state index contributed by atoms with van der Waals surface area (Å²) in [5.74, 6) is -2.34. The number of carbonyl (C=O) groups excluding carboxylic acids is 2. The number of aryl methyl sites for hydroxylation is 1. The molecular weight excluding hydrogens is 626 g/mol. The highest BCUT2D eigenvalue weighted by Gasteiger charge is 2.31. The number of ether oxygens (including phenoxy) is 1. The lowest BCUT2D eigenvalue weighted by Crippen LogP contribution is -2.49. The summed E-state index contributed by atoms with van der Waals surface area (Å²) < 4.78 is 40.1. The van der Waals surface area contributed by atoms with E-state index in [0.717, 1.165) is 18.2 Å². The molecule has 0 atom stereocenters. The summed E-state index contributed by atoms with van der Waals surface area (Å²) in [6.45, 7) is 2.74. The average molecular weight is 655 g/mol. The van der Waals surface area contributed by atoms with E-state index in [1.807, 2.05) is 0 Å². The zero-order valence-corrected chi connectivity index (χ0v) is 26.0. The Bertz CT molecular complexity index is 1840. The van der Waals surface area contributed by atoms with Crippen molar-refractivity contribution in [2.45, 2.75) is 6.92 Å². The van der Waals surface area contributed by atoms with Crippen molar-refractivity contribution < 1.29 is 32.6 Å². The molecule has 2 amide bonds. The number of carbonyl (C=O) groups is 2. The molecule has 5 rings (SSSR count). The first-order valence-electron chi connectivity index (χ1n) is 14.0. The maximum absolute atomic E-state index is 14.8. The van der Waals surface area contributed by atoms with Gasteiger partial charge < -0.3 is 29.3 Å². The molecule has 4 aromatic rings. The van der Waals surface area contributed by atoms with E-state index in [9.17, 15) is 28.5 Å². The summed E-state index contributed by atoms with van der Waals surface area (Å²) in [5.41, 5.74) is 0.124. The number of halogens is 3. The van der Waals surface area contributed by atoms with Crippen LogP contribution in [0.25, 0.3) is 11.3 Å². The topological polar surface area (TPSA) is 134 Å². The number of hydrogen-bond acceptors (Lipinski definition) is 9. The van der Waals surface area contributed by atoms with Gasteiger partial charge in [-0.05, 0) is 31.2 Å². The second-order valence-electron chi connectivity index (χ2n) is 10.7. The molecule has 0 bridgehead atoms. The fourth-order valence-corrected chi connectivity index (χ4v) is 5.52. The zero-order chi connectivity index (χ0) is 33.3. The van der Waals surface area contributed by atoms with Crippen molar-refractivity contribution in [3.8, 4) is 17.0 Å². The number of aromatic nitrogens is 1. The first kappa shape index (κ1) is 32.2. The van der Waals surface area contributed by atoms with Crippen molar-refractivity contribution in [1.29, 1.82) is 0 Å². The number of para-hydroxylation sites is 1. The van der Waals surface area contributed by atoms with Crippen molar-refractivity contribution in [3.63, 3.8) is 0 Å². The number of rotatable bonds is 8. The monoisotopic (exact) mass is 654 g/mol. The Morgan fingerprint density at radius 2 is 1.78 bits per heavy atom. The van der Waals surface area contributed by atoms with E-state index >= 15 is 0 Å². The highest BCUT2D eigenvalue weighted by molar-refractivity contribution is 6.33. The van der Waals surface area contributed by atoms with Crippen LogP contribution < -0.4 is 19.9 Å². The Hall–Kier alpha value is -5.24. The van der Waals surface area contributed by atoms with Gasteiger partial charge in [0.15, 0.2) is 0 Å². The molecule has 0 radical (unpaired) electrons. The lowest BCUT2D eigenvalue weighted by molar-refractivity contribution is -0.383. The molecule has 15 heteroatoms. The highest BCUT2D eigenvalue weighted by Crippen LogP contribution is 2.38. The number of nitro groups is 1. The van der Waals surface area contributed by atoms with Crippen LogP contribution in [0.1, 0.15) is 26.5 Å². The lowest BCUT2D eigenvalue weighted by atomic mass is 10.0. The predicted octanol–water partition coefficient (Wildman–Crippen LogP) is 5.78. The number of piperazine rings is 1. The van der Waals surface area contributed by atoms with Crippen molar-refractivity contribution in [1.82, 2.24) is 10.1 Å². The third-order valence-corrected chi connectivity index (χ3v) is 7.92. The number of benzene rings is 3. The second kappa shape index (κ2) is 13.0. The number of hydrogen-bond donors (Lipinski definition) is 1. The normalized spacial score (nSPS) is 13.0. The van der Waals surface area contributed by atoms with Crippen LogP contribution in [-0.4, -0.2) is 74.2 Å². The van der Waals surface area contributed by atoms with Crippen LogP contribution >= 0.6 is 11.6 Å². The molecule has 1 aliphatic heterocycles. The van der Waals surface area contributed by atoms with Gasteiger partial charge in [0.05, 0.1) is 34.0 Å². The first-order chi connectivity index (χ1) is 21.9. The SMILES string of the molecule is COc1ccccc1-c1noc(C)c1C(=O)N1CCN(c2cc(NC(=O)c3cc(F)c(N(C)C)cc3F)c([N+](=O)[O-])cc2Cl)CC1. The molecule has 240 valence electrons. The van der Waals surface area contributed by atoms with Crippen LogP contribution in [0.4, 0.5) is 31.5 Å². The average Bonchev–Trinajstić information content (AvgIpc) is 3.42. The van der Waals surface area contributed by atoms with E-state index in [0.29, 0.717) is 34.0 Å². The van der Waals surface area contributed by atoms with Crippen molar-refractivity contribution in [2.75, 3.05) is 62.5 Å². The minimum absolute atomic E-state index is 0.0328. The molecule has 12 nitrogen and oxygen atoms in total. The number of nitro benzene ring substituents is 1. The van der Waals surface area contributed by atoms with Crippen molar-refractivity contribution in [3.05, 3.63) is 92.2 Å². The van der Waals surface area contributed by atoms with Crippen LogP contribution in [0.5, 0.6) is 5.75 Å². The van der Waals surface area contributed by atoms with Crippen LogP contribution in [0.2, 0.25) is 5.02 Å². The van der Waals surface area contributed by atoms with Crippen molar-refractivity contribution >= 4 is 46.2 Å². The predicted molar refractivity (Wildman–Crippen MR) is 168 cm³/mol. The fourth-order valence-electron chi connectivity index (χ4n) is 5.24. The second-order valence-corrected chi connectivity index (χ2v) is 11.1. The van der Waals surface area contributed by atoms with Gasteiger partial charge >= 0.3 is 0 Å². The van der Waals surface area contributed by atoms with Gasteiger partial charge in [-0.15, -0.1) is 0 Å². The molecule has 2 heterocycles. The van der Waals surface area contributed by atoms with Crippen molar-refractivity contribution in [2.24, 2.45) is 0 Å². The van der Waals surface area contributed by atoms with Gasteiger partial charge in [0.2, 0.25) is 0 Å². The van der Waals surface area contributed by atoms with E-state index in [1.54, 1.807) is 41.0 Å². The third-order valence-electron chi connectivity index (χ3n) is 7.62. The maximum Gasteiger partial charge on any atom is 0.294 e. The standard InChI is InChI=1S/C31H29ClF2N6O6/c1-17-28(29(36-46-17)18-7-5-6-8-27(18)45-4)31(42)39-11-9-38(10-12-39)24-16-23(26(40(43)44)14-20(24)32)35-30(41)19-13-22(34)25(37(2)3)15-21(19)33/h5-8,13-16H,9-12H2,1-4H3,(H,35,41). The van der Waals surface area contributed by atoms with Gasteiger partial charge in [0.25, 0.3) is 17.5 Å². The zero-order valence-electron chi connectivity index (χ0n) is 25.3. The van der Waals surface area contributed by atoms with Crippen LogP contribution in [-0.2, 0) is 0 Å². The molecule has 1 saturated heterocycles. The Labute approximate surface area is 267 Å². The highest BCUT2D eigenvalue weighted by atomic mass is 35.5. The molecule has 1 aromatic heterocycles. The molecule has 1 N–H and O–H groups in total. The number of methoxy groups -OCH3 is 1. The number of nitrogens with one attached hydrogen (secondary N) is 1. The number of nitrogens with zero attached hydrogens (tertiary/aromatic N) is 5. The minimum Gasteiger partial charge on any atom is -0.496 e. The summed E-state index contributed by atoms with van der Waals surface area (Å²) in [5, 5.41) is 18.3. The molecule has 1 fully saturated rings. The Morgan fingerprint density at radius 1 is 1.09 bits per heavy atom. The lowest BCUT2D eigenvalue weighted by Gasteiger charge is -2.36. The smallest absolute Gasteiger partial charge is 0.294 e. The van der Waals surface area contributed by atoms with E-state index in [-0.39, 0.29) is 48.5 Å². The van der Waals surface area contributed by atoms with Crippen LogP contribution in [0.15, 0.2) is 53.1 Å². The van der Waals surface area contributed by atoms with Gasteiger partial charge in [-0.3, -0.25) is 19.7 Å². The summed E-state index contributed by atoms with van der Waals surface area (Å²) in [7, 11) is 4.55. The van der Waals surface area contributed by atoms with Crippen LogP contribution in [0.3, 0.4) is 0 Å².